The van der Waals surface area contributed by atoms with E-state index in [0.29, 0.717) is 19.4 Å². The fraction of sp³-hybridized carbons (Fsp3) is 0.925. The Hall–Kier alpha value is -1.59. The fourth-order valence-corrected chi connectivity index (χ4v) is 6.64. The summed E-state index contributed by atoms with van der Waals surface area (Å²) < 4.78 is 5.45. The molecular formula is C40H76N2O4. The monoisotopic (exact) mass is 649 g/mol. The van der Waals surface area contributed by atoms with Crippen LogP contribution in [0.3, 0.4) is 0 Å². The zero-order valence-electron chi connectivity index (χ0n) is 30.5. The summed E-state index contributed by atoms with van der Waals surface area (Å²) in [4.78, 5) is 29.9. The average molecular weight is 649 g/mol. The average Bonchev–Trinajstić information content (AvgIpc) is 3.49. The van der Waals surface area contributed by atoms with E-state index >= 15 is 0 Å². The van der Waals surface area contributed by atoms with Crippen LogP contribution in [0.25, 0.3) is 0 Å². The number of hydrogen-bond acceptors (Lipinski definition) is 5. The van der Waals surface area contributed by atoms with E-state index in [0.717, 1.165) is 51.6 Å². The first-order chi connectivity index (χ1) is 22.6. The molecule has 0 radical (unpaired) electrons. The molecule has 1 N–H and O–H groups in total. The molecule has 1 aliphatic heterocycles. The Balaban J connectivity index is 1.79. The second-order valence-electron chi connectivity index (χ2n) is 14.0. The third kappa shape index (κ3) is 28.6. The number of esters is 1. The number of ether oxygens (including phenoxy) is 1. The van der Waals surface area contributed by atoms with Gasteiger partial charge in [-0.3, -0.25) is 14.6 Å². The molecule has 0 aromatic carbocycles. The molecule has 6 heteroatoms. The summed E-state index contributed by atoms with van der Waals surface area (Å²) in [5.41, 5.74) is 0. The minimum Gasteiger partial charge on any atom is -0.481 e. The van der Waals surface area contributed by atoms with Gasteiger partial charge in [0.15, 0.2) is 0 Å². The van der Waals surface area contributed by atoms with Gasteiger partial charge >= 0.3 is 11.9 Å². The minimum absolute atomic E-state index is 0.00701. The van der Waals surface area contributed by atoms with Crippen LogP contribution in [0.15, 0.2) is 4.99 Å². The van der Waals surface area contributed by atoms with Crippen LogP contribution in [0.5, 0.6) is 0 Å². The van der Waals surface area contributed by atoms with Crippen molar-refractivity contribution in [3.63, 3.8) is 0 Å². The van der Waals surface area contributed by atoms with Crippen molar-refractivity contribution in [1.29, 1.82) is 0 Å². The van der Waals surface area contributed by atoms with Gasteiger partial charge in [-0.2, -0.15) is 0 Å². The van der Waals surface area contributed by atoms with E-state index in [1.54, 1.807) is 0 Å². The summed E-state index contributed by atoms with van der Waals surface area (Å²) in [6, 6.07) is 0. The normalized spacial score (nSPS) is 13.0. The molecule has 46 heavy (non-hydrogen) atoms. The molecule has 0 atom stereocenters. The smallest absolute Gasteiger partial charge is 0.305 e. The molecule has 0 aromatic heterocycles. The number of amidine groups is 1. The lowest BCUT2D eigenvalue weighted by atomic mass is 10.1. The number of aliphatic imine (C=N–C) groups is 1. The zero-order chi connectivity index (χ0) is 33.2. The molecule has 0 spiro atoms. The van der Waals surface area contributed by atoms with Crippen LogP contribution in [0.4, 0.5) is 0 Å². The van der Waals surface area contributed by atoms with E-state index in [9.17, 15) is 9.59 Å². The predicted octanol–water partition coefficient (Wildman–Crippen LogP) is 11.8. The van der Waals surface area contributed by atoms with Crippen LogP contribution in [0.1, 0.15) is 212 Å². The molecule has 1 rings (SSSR count). The quantitative estimate of drug-likeness (QED) is 0.0540. The van der Waals surface area contributed by atoms with Gasteiger partial charge < -0.3 is 14.7 Å². The molecule has 0 saturated carbocycles. The number of carboxylic acid groups (broad SMARTS) is 1. The molecule has 0 aliphatic carbocycles. The lowest BCUT2D eigenvalue weighted by Gasteiger charge is -2.20. The van der Waals surface area contributed by atoms with Gasteiger partial charge in [0.1, 0.15) is 0 Å². The van der Waals surface area contributed by atoms with Crippen molar-refractivity contribution in [3.05, 3.63) is 0 Å². The zero-order valence-corrected chi connectivity index (χ0v) is 30.5. The van der Waals surface area contributed by atoms with E-state index in [4.69, 9.17) is 14.8 Å². The number of nitrogens with zero attached hydrogens (tertiary/aromatic N) is 2. The van der Waals surface area contributed by atoms with Crippen molar-refractivity contribution in [2.75, 3.05) is 26.2 Å². The molecule has 270 valence electrons. The number of hydrogen-bond donors (Lipinski definition) is 1. The standard InChI is InChI=1S/C40H76N2O4/c1-2-3-4-5-6-7-8-9-15-20-25-30-37-46-40(45)33-28-23-18-11-10-14-19-24-29-35-42-36-34-41-38(42)31-26-21-16-12-13-17-22-27-32-39(43)44/h2-37H2,1H3,(H,43,44). The van der Waals surface area contributed by atoms with E-state index in [1.807, 2.05) is 0 Å². The predicted molar refractivity (Wildman–Crippen MR) is 196 cm³/mol. The number of carboxylic acids is 1. The summed E-state index contributed by atoms with van der Waals surface area (Å²) in [7, 11) is 0. The first-order valence-electron chi connectivity index (χ1n) is 20.3. The summed E-state index contributed by atoms with van der Waals surface area (Å²) in [6.45, 7) is 6.15. The molecule has 0 unspecified atom stereocenters. The van der Waals surface area contributed by atoms with Crippen LogP contribution in [0.2, 0.25) is 0 Å². The first kappa shape index (κ1) is 42.4. The van der Waals surface area contributed by atoms with Gasteiger partial charge in [0.2, 0.25) is 0 Å². The van der Waals surface area contributed by atoms with Crippen molar-refractivity contribution in [2.45, 2.75) is 212 Å². The van der Waals surface area contributed by atoms with Crippen molar-refractivity contribution >= 4 is 17.8 Å². The van der Waals surface area contributed by atoms with Gasteiger partial charge in [-0.1, -0.05) is 161 Å². The van der Waals surface area contributed by atoms with Gasteiger partial charge in [-0.25, -0.2) is 0 Å². The number of carbonyl (C=O) groups excluding carboxylic acids is 1. The maximum absolute atomic E-state index is 12.0. The van der Waals surface area contributed by atoms with E-state index in [2.05, 4.69) is 11.8 Å². The van der Waals surface area contributed by atoms with Crippen molar-refractivity contribution < 1.29 is 19.4 Å². The second kappa shape index (κ2) is 33.3. The Labute approximate surface area is 285 Å². The Bertz CT molecular complexity index is 726. The van der Waals surface area contributed by atoms with Gasteiger partial charge in [0.05, 0.1) is 19.0 Å². The summed E-state index contributed by atoms with van der Waals surface area (Å²) in [5, 5.41) is 8.69. The molecule has 0 aromatic rings. The summed E-state index contributed by atoms with van der Waals surface area (Å²) in [6.07, 6.45) is 38.7. The SMILES string of the molecule is CCCCCCCCCCCCCCOC(=O)CCCCCCCCCCCN1CCN=C1CCCCCCCCCCC(=O)O. The number of aliphatic carboxylic acids is 1. The summed E-state index contributed by atoms with van der Waals surface area (Å²) >= 11 is 0. The van der Waals surface area contributed by atoms with Crippen LogP contribution in [0, 0.1) is 0 Å². The number of carbonyl (C=O) groups is 2. The molecule has 1 heterocycles. The Morgan fingerprint density at radius 3 is 1.54 bits per heavy atom. The summed E-state index contributed by atoms with van der Waals surface area (Å²) in [5.74, 6) is 0.688. The van der Waals surface area contributed by atoms with E-state index in [-0.39, 0.29) is 5.97 Å². The largest absolute Gasteiger partial charge is 0.481 e. The Morgan fingerprint density at radius 1 is 0.587 bits per heavy atom. The maximum Gasteiger partial charge on any atom is 0.305 e. The first-order valence-corrected chi connectivity index (χ1v) is 20.3. The van der Waals surface area contributed by atoms with Gasteiger partial charge in [0.25, 0.3) is 0 Å². The third-order valence-corrected chi connectivity index (χ3v) is 9.64. The lowest BCUT2D eigenvalue weighted by molar-refractivity contribution is -0.144. The van der Waals surface area contributed by atoms with Gasteiger partial charge in [0, 0.05) is 32.4 Å². The lowest BCUT2D eigenvalue weighted by Crippen LogP contribution is -2.28. The van der Waals surface area contributed by atoms with Crippen LogP contribution in [-0.2, 0) is 14.3 Å². The highest BCUT2D eigenvalue weighted by atomic mass is 16.5. The topological polar surface area (TPSA) is 79.2 Å². The molecule has 6 nitrogen and oxygen atoms in total. The van der Waals surface area contributed by atoms with Crippen LogP contribution < -0.4 is 0 Å². The molecule has 0 saturated heterocycles. The highest BCUT2D eigenvalue weighted by Gasteiger charge is 2.15. The van der Waals surface area contributed by atoms with Gasteiger partial charge in [-0.15, -0.1) is 0 Å². The van der Waals surface area contributed by atoms with Crippen molar-refractivity contribution in [2.24, 2.45) is 4.99 Å². The van der Waals surface area contributed by atoms with E-state index in [1.165, 1.54) is 166 Å². The fourth-order valence-electron chi connectivity index (χ4n) is 6.64. The number of unbranched alkanes of at least 4 members (excludes halogenated alkanes) is 26. The minimum atomic E-state index is -0.668. The third-order valence-electron chi connectivity index (χ3n) is 9.64. The van der Waals surface area contributed by atoms with Crippen molar-refractivity contribution in [1.82, 2.24) is 4.90 Å². The Kier molecular flexibility index (Phi) is 30.7. The van der Waals surface area contributed by atoms with Crippen LogP contribution >= 0.6 is 0 Å². The molecule has 0 fully saturated rings. The maximum atomic E-state index is 12.0. The molecular weight excluding hydrogens is 572 g/mol. The Morgan fingerprint density at radius 2 is 1.02 bits per heavy atom. The number of rotatable bonds is 36. The highest BCUT2D eigenvalue weighted by Crippen LogP contribution is 2.16. The highest BCUT2D eigenvalue weighted by molar-refractivity contribution is 5.83. The molecule has 1 aliphatic rings. The second-order valence-corrected chi connectivity index (χ2v) is 14.0. The van der Waals surface area contributed by atoms with Crippen LogP contribution in [-0.4, -0.2) is 54.0 Å². The molecule has 0 amide bonds. The van der Waals surface area contributed by atoms with E-state index < -0.39 is 5.97 Å². The van der Waals surface area contributed by atoms with Crippen molar-refractivity contribution in [3.8, 4) is 0 Å². The molecule has 0 bridgehead atoms. The van der Waals surface area contributed by atoms with Gasteiger partial charge in [-0.05, 0) is 32.1 Å².